The molecule has 0 bridgehead atoms. The maximum atomic E-state index is 12.4. The summed E-state index contributed by atoms with van der Waals surface area (Å²) in [5, 5.41) is 3.31. The Morgan fingerprint density at radius 2 is 1.74 bits per heavy atom. The van der Waals surface area contributed by atoms with E-state index < -0.39 is 0 Å². The molecule has 0 fully saturated rings. The quantitative estimate of drug-likeness (QED) is 0.858. The van der Waals surface area contributed by atoms with Gasteiger partial charge in [0.25, 0.3) is 5.91 Å². The number of carbonyl (C=O) groups excluding carboxylic acids is 1. The second-order valence-corrected chi connectivity index (χ2v) is 5.84. The second-order valence-electron chi connectivity index (χ2n) is 5.84. The highest BCUT2D eigenvalue weighted by atomic mass is 16.2. The van der Waals surface area contributed by atoms with Crippen LogP contribution in [-0.4, -0.2) is 28.9 Å². The number of amides is 1. The fraction of sp³-hybridized carbons (Fsp3) is 0.368. The van der Waals surface area contributed by atoms with Crippen molar-refractivity contribution in [2.75, 3.05) is 18.4 Å². The molecule has 0 radical (unpaired) electrons. The first-order chi connectivity index (χ1) is 11.0. The zero-order chi connectivity index (χ0) is 16.8. The molecule has 0 atom stereocenters. The molecule has 2 rings (SSSR count). The van der Waals surface area contributed by atoms with E-state index in [4.69, 9.17) is 0 Å². The van der Waals surface area contributed by atoms with Gasteiger partial charge in [0.1, 0.15) is 0 Å². The highest BCUT2D eigenvalue weighted by molar-refractivity contribution is 5.94. The van der Waals surface area contributed by atoms with Gasteiger partial charge in [-0.25, -0.2) is 0 Å². The van der Waals surface area contributed by atoms with Crippen LogP contribution in [-0.2, 0) is 0 Å². The summed E-state index contributed by atoms with van der Waals surface area (Å²) in [6.45, 7) is 9.71. The minimum Gasteiger partial charge on any atom is -0.354 e. The van der Waals surface area contributed by atoms with Crippen molar-refractivity contribution in [1.82, 2.24) is 9.88 Å². The Bertz CT molecular complexity index is 646. The molecule has 4 nitrogen and oxygen atoms in total. The molecule has 0 spiro atoms. The first-order valence-electron chi connectivity index (χ1n) is 8.16. The highest BCUT2D eigenvalue weighted by Gasteiger charge is 2.13. The van der Waals surface area contributed by atoms with E-state index in [1.54, 1.807) is 17.3 Å². The molecule has 0 saturated heterocycles. The molecule has 1 aromatic carbocycles. The Balaban J connectivity index is 2.15. The molecular weight excluding hydrogens is 286 g/mol. The van der Waals surface area contributed by atoms with Crippen LogP contribution in [0.5, 0.6) is 0 Å². The maximum absolute atomic E-state index is 12.4. The third-order valence-corrected chi connectivity index (χ3v) is 3.90. The third kappa shape index (κ3) is 4.31. The number of pyridine rings is 1. The molecule has 0 unspecified atom stereocenters. The molecule has 1 heterocycles. The summed E-state index contributed by atoms with van der Waals surface area (Å²) in [6, 6.07) is 10.2. The zero-order valence-electron chi connectivity index (χ0n) is 14.3. The molecular formula is C19H25N3O. The lowest BCUT2D eigenvalue weighted by atomic mass is 10.0. The number of benzene rings is 1. The molecule has 4 heteroatoms. The standard InChI is InChI=1S/C19H25N3O/c1-5-22(6-2)19(23)16-11-18(13-20-12-16)21-17-9-7-15(8-10-17)14(3)4/h7-14,21H,5-6H2,1-4H3. The van der Waals surface area contributed by atoms with Crippen LogP contribution in [0.2, 0.25) is 0 Å². The van der Waals surface area contributed by atoms with Gasteiger partial charge >= 0.3 is 0 Å². The zero-order valence-corrected chi connectivity index (χ0v) is 14.3. The molecule has 23 heavy (non-hydrogen) atoms. The lowest BCUT2D eigenvalue weighted by Gasteiger charge is -2.18. The van der Waals surface area contributed by atoms with E-state index in [2.05, 4.69) is 36.3 Å². The summed E-state index contributed by atoms with van der Waals surface area (Å²) in [5.74, 6) is 0.530. The van der Waals surface area contributed by atoms with Gasteiger partial charge in [0, 0.05) is 25.0 Å². The molecule has 122 valence electrons. The van der Waals surface area contributed by atoms with Crippen molar-refractivity contribution in [2.24, 2.45) is 0 Å². The van der Waals surface area contributed by atoms with Crippen LogP contribution in [0, 0.1) is 0 Å². The van der Waals surface area contributed by atoms with Crippen molar-refractivity contribution in [1.29, 1.82) is 0 Å². The molecule has 0 aliphatic heterocycles. The Labute approximate surface area is 138 Å². The van der Waals surface area contributed by atoms with Crippen LogP contribution in [0.15, 0.2) is 42.7 Å². The van der Waals surface area contributed by atoms with Gasteiger partial charge < -0.3 is 10.2 Å². The Morgan fingerprint density at radius 3 is 2.30 bits per heavy atom. The van der Waals surface area contributed by atoms with Crippen LogP contribution in [0.25, 0.3) is 0 Å². The van der Waals surface area contributed by atoms with Crippen molar-refractivity contribution in [3.05, 3.63) is 53.9 Å². The molecule has 1 aromatic heterocycles. The van der Waals surface area contributed by atoms with Gasteiger partial charge in [-0.05, 0) is 43.5 Å². The smallest absolute Gasteiger partial charge is 0.255 e. The van der Waals surface area contributed by atoms with Crippen LogP contribution in [0.3, 0.4) is 0 Å². The number of hydrogen-bond donors (Lipinski definition) is 1. The fourth-order valence-electron chi connectivity index (χ4n) is 2.44. The fourth-order valence-corrected chi connectivity index (χ4v) is 2.44. The van der Waals surface area contributed by atoms with Gasteiger partial charge in [-0.1, -0.05) is 26.0 Å². The average molecular weight is 311 g/mol. The lowest BCUT2D eigenvalue weighted by molar-refractivity contribution is 0.0772. The van der Waals surface area contributed by atoms with E-state index in [1.165, 1.54) is 5.56 Å². The number of rotatable bonds is 6. The van der Waals surface area contributed by atoms with Crippen LogP contribution in [0.1, 0.15) is 49.5 Å². The first kappa shape index (κ1) is 17.0. The summed E-state index contributed by atoms with van der Waals surface area (Å²) in [5.41, 5.74) is 3.72. The van der Waals surface area contributed by atoms with E-state index in [0.717, 1.165) is 11.4 Å². The van der Waals surface area contributed by atoms with Crippen molar-refractivity contribution in [3.63, 3.8) is 0 Å². The number of nitrogens with one attached hydrogen (secondary N) is 1. The van der Waals surface area contributed by atoms with Crippen LogP contribution < -0.4 is 5.32 Å². The molecule has 0 aliphatic carbocycles. The summed E-state index contributed by atoms with van der Waals surface area (Å²) < 4.78 is 0. The average Bonchev–Trinajstić information content (AvgIpc) is 2.56. The largest absolute Gasteiger partial charge is 0.354 e. The first-order valence-corrected chi connectivity index (χ1v) is 8.16. The second kappa shape index (κ2) is 7.77. The Morgan fingerprint density at radius 1 is 1.09 bits per heavy atom. The lowest BCUT2D eigenvalue weighted by Crippen LogP contribution is -2.30. The molecule has 1 amide bonds. The van der Waals surface area contributed by atoms with Crippen molar-refractivity contribution < 1.29 is 4.79 Å². The summed E-state index contributed by atoms with van der Waals surface area (Å²) in [6.07, 6.45) is 3.35. The van der Waals surface area contributed by atoms with Gasteiger partial charge in [-0.2, -0.15) is 0 Å². The third-order valence-electron chi connectivity index (χ3n) is 3.90. The van der Waals surface area contributed by atoms with Gasteiger partial charge in [0.15, 0.2) is 0 Å². The predicted molar refractivity (Wildman–Crippen MR) is 95.3 cm³/mol. The number of carbonyl (C=O) groups is 1. The maximum Gasteiger partial charge on any atom is 0.255 e. The predicted octanol–water partition coefficient (Wildman–Crippen LogP) is 4.43. The van der Waals surface area contributed by atoms with Gasteiger partial charge in [0.05, 0.1) is 17.4 Å². The minimum absolute atomic E-state index is 0.0151. The van der Waals surface area contributed by atoms with E-state index in [-0.39, 0.29) is 5.91 Å². The topological polar surface area (TPSA) is 45.2 Å². The van der Waals surface area contributed by atoms with Gasteiger partial charge in [-0.15, -0.1) is 0 Å². The normalized spacial score (nSPS) is 10.7. The van der Waals surface area contributed by atoms with E-state index in [9.17, 15) is 4.79 Å². The summed E-state index contributed by atoms with van der Waals surface area (Å²) in [7, 11) is 0. The van der Waals surface area contributed by atoms with Crippen molar-refractivity contribution in [2.45, 2.75) is 33.6 Å². The number of aromatic nitrogens is 1. The molecule has 2 aromatic rings. The monoisotopic (exact) mass is 311 g/mol. The highest BCUT2D eigenvalue weighted by Crippen LogP contribution is 2.21. The van der Waals surface area contributed by atoms with Crippen molar-refractivity contribution >= 4 is 17.3 Å². The Hall–Kier alpha value is -2.36. The molecule has 0 saturated carbocycles. The van der Waals surface area contributed by atoms with Gasteiger partial charge in [-0.3, -0.25) is 9.78 Å². The molecule has 0 aliphatic rings. The molecule has 1 N–H and O–H groups in total. The summed E-state index contributed by atoms with van der Waals surface area (Å²) >= 11 is 0. The SMILES string of the molecule is CCN(CC)C(=O)c1cncc(Nc2ccc(C(C)C)cc2)c1. The number of nitrogens with zero attached hydrogens (tertiary/aromatic N) is 2. The summed E-state index contributed by atoms with van der Waals surface area (Å²) in [4.78, 5) is 18.4. The van der Waals surface area contributed by atoms with E-state index in [1.807, 2.05) is 32.0 Å². The Kier molecular flexibility index (Phi) is 5.74. The minimum atomic E-state index is 0.0151. The van der Waals surface area contributed by atoms with E-state index in [0.29, 0.717) is 24.6 Å². The van der Waals surface area contributed by atoms with Gasteiger partial charge in [0.2, 0.25) is 0 Å². The van der Waals surface area contributed by atoms with E-state index >= 15 is 0 Å². The number of anilines is 2. The van der Waals surface area contributed by atoms with Crippen LogP contribution >= 0.6 is 0 Å². The van der Waals surface area contributed by atoms with Crippen LogP contribution in [0.4, 0.5) is 11.4 Å². The van der Waals surface area contributed by atoms with Crippen molar-refractivity contribution in [3.8, 4) is 0 Å². The number of hydrogen-bond acceptors (Lipinski definition) is 3.